The number of thiophene rings is 1. The Morgan fingerprint density at radius 2 is 1.77 bits per heavy atom. The van der Waals surface area contributed by atoms with Crippen LogP contribution in [-0.4, -0.2) is 136 Å². The predicted molar refractivity (Wildman–Crippen MR) is 308 cm³/mol. The van der Waals surface area contributed by atoms with Crippen LogP contribution in [-0.2, 0) is 25.3 Å². The fourth-order valence-electron chi connectivity index (χ4n) is 12.2. The van der Waals surface area contributed by atoms with E-state index >= 15 is 22.0 Å². The number of piperazine rings is 1. The Bertz CT molecular complexity index is 3460. The average molecular weight is 1190 g/mol. The molecule has 6 aromatic rings. The number of aliphatic hydroxyl groups is 1. The highest BCUT2D eigenvalue weighted by atomic mass is 32.1. The molecule has 0 saturated carbocycles. The summed E-state index contributed by atoms with van der Waals surface area (Å²) in [5.41, 5.74) is 6.09. The van der Waals surface area contributed by atoms with E-state index in [1.807, 2.05) is 76.8 Å². The molecule has 24 heteroatoms. The van der Waals surface area contributed by atoms with Gasteiger partial charge in [0.25, 0.3) is 0 Å². The highest BCUT2D eigenvalue weighted by Crippen LogP contribution is 2.48. The number of carbonyl (C=O) groups excluding carboxylic acids is 3. The minimum absolute atomic E-state index is 0.0386. The molecule has 17 nitrogen and oxygen atoms in total. The first-order valence-electron chi connectivity index (χ1n) is 28.0. The van der Waals surface area contributed by atoms with Gasteiger partial charge in [0.05, 0.1) is 56.2 Å². The highest BCUT2D eigenvalue weighted by molar-refractivity contribution is 7.23. The van der Waals surface area contributed by atoms with E-state index < -0.39 is 87.4 Å². The average Bonchev–Trinajstić information content (AvgIpc) is 1.87. The summed E-state index contributed by atoms with van der Waals surface area (Å²) in [6, 6.07) is 10.0. The zero-order chi connectivity index (χ0) is 59.3. The summed E-state index contributed by atoms with van der Waals surface area (Å²) < 4.78 is 90.5. The van der Waals surface area contributed by atoms with Gasteiger partial charge in [-0.3, -0.25) is 19.3 Å². The zero-order valence-electron chi connectivity index (χ0n) is 47.1. The number of nitrogens with zero attached hydrogens (tertiary/aromatic N) is 7. The summed E-state index contributed by atoms with van der Waals surface area (Å²) in [4.78, 5) is 61.5. The lowest BCUT2D eigenvalue weighted by Gasteiger charge is -2.36. The highest BCUT2D eigenvalue weighted by Gasteiger charge is 2.46. The van der Waals surface area contributed by atoms with Crippen LogP contribution < -0.4 is 31.3 Å². The normalized spacial score (nSPS) is 21.9. The van der Waals surface area contributed by atoms with Crippen molar-refractivity contribution in [3.05, 3.63) is 82.0 Å². The van der Waals surface area contributed by atoms with E-state index in [-0.39, 0.29) is 88.1 Å². The lowest BCUT2D eigenvalue weighted by Crippen LogP contribution is -2.58. The number of thiazole rings is 1. The van der Waals surface area contributed by atoms with Gasteiger partial charge in [-0.05, 0) is 93.7 Å². The molecule has 4 saturated heterocycles. The van der Waals surface area contributed by atoms with Crippen molar-refractivity contribution in [3.8, 4) is 33.6 Å². The Hall–Kier alpha value is -6.62. The lowest BCUT2D eigenvalue weighted by molar-refractivity contribution is -0.144. The van der Waals surface area contributed by atoms with Crippen LogP contribution in [0.5, 0.6) is 6.01 Å². The van der Waals surface area contributed by atoms with E-state index in [1.165, 1.54) is 4.90 Å². The van der Waals surface area contributed by atoms with Crippen LogP contribution in [0.3, 0.4) is 0 Å². The number of nitrogens with one attached hydrogen (secondary N) is 3. The summed E-state index contributed by atoms with van der Waals surface area (Å²) in [7, 11) is 0. The van der Waals surface area contributed by atoms with Gasteiger partial charge in [-0.2, -0.15) is 28.4 Å². The van der Waals surface area contributed by atoms with Crippen molar-refractivity contribution in [2.45, 2.75) is 135 Å². The third-order valence-electron chi connectivity index (χ3n) is 16.6. The fraction of sp³-hybridized carbons (Fsp3) is 0.508. The number of carbonyl (C=O) groups is 3. The smallest absolute Gasteiger partial charge is 0.417 e. The topological polar surface area (TPSA) is 224 Å². The zero-order valence-corrected chi connectivity index (χ0v) is 48.7. The first kappa shape index (κ1) is 59.5. The van der Waals surface area contributed by atoms with Crippen LogP contribution in [0.25, 0.3) is 42.6 Å². The van der Waals surface area contributed by atoms with E-state index in [1.54, 1.807) is 16.8 Å². The number of ether oxygens (including phenoxy) is 2. The number of hydrogen-bond acceptors (Lipinski definition) is 16. The molecule has 4 fully saturated rings. The maximum absolute atomic E-state index is 17.5. The molecule has 7 heterocycles. The van der Waals surface area contributed by atoms with Gasteiger partial charge in [-0.1, -0.05) is 51.1 Å². The number of anilines is 2. The molecule has 2 unspecified atom stereocenters. The molecule has 6 N–H and O–H groups in total. The van der Waals surface area contributed by atoms with Gasteiger partial charge in [0.15, 0.2) is 5.82 Å². The molecule has 0 aliphatic carbocycles. The maximum atomic E-state index is 17.5. The second-order valence-electron chi connectivity index (χ2n) is 23.6. The summed E-state index contributed by atoms with van der Waals surface area (Å²) in [6.45, 7) is 13.8. The summed E-state index contributed by atoms with van der Waals surface area (Å²) in [5, 5.41) is 29.6. The summed E-state index contributed by atoms with van der Waals surface area (Å²) in [5.74, 6) is -3.35. The maximum Gasteiger partial charge on any atom is 0.417 e. The molecule has 4 aliphatic rings. The number of amides is 3. The van der Waals surface area contributed by atoms with Crippen LogP contribution >= 0.6 is 22.7 Å². The summed E-state index contributed by atoms with van der Waals surface area (Å²) >= 11 is 2.25. The SMILES string of the molecule is Cc1ncsc1-c1ccc([C@H](C)NC(=O)[C@@H]2C[C@@H](O)CN2C(=O)[C@@H](NC(=O)CCOCCCN2CCC[C@@]2(C)COc2nc(N3CC4CCC(C3)N4)c3cc(C(F)(F)F)c(-c4ccc(F)c5sc(N)c(C#N)c45)c(F)c3n2)C(C)(C)C)cc1. The molecular weight excluding hydrogens is 1120 g/mol. The fourth-order valence-corrected chi connectivity index (χ4v) is 13.9. The van der Waals surface area contributed by atoms with Gasteiger partial charge >= 0.3 is 12.2 Å². The Labute approximate surface area is 485 Å². The number of nitrogens with two attached hydrogens (primary N) is 1. The van der Waals surface area contributed by atoms with Gasteiger partial charge in [0.2, 0.25) is 17.7 Å². The monoisotopic (exact) mass is 1190 g/mol. The number of halogens is 5. The second-order valence-corrected chi connectivity index (χ2v) is 25.5. The van der Waals surface area contributed by atoms with Gasteiger partial charge in [-0.25, -0.2) is 13.8 Å². The van der Waals surface area contributed by atoms with Crippen LogP contribution in [0.2, 0.25) is 0 Å². The molecule has 7 atom stereocenters. The quantitative estimate of drug-likeness (QED) is 0.0400. The third-order valence-corrected chi connectivity index (χ3v) is 18.6. The van der Waals surface area contributed by atoms with Crippen LogP contribution in [0.1, 0.15) is 108 Å². The number of aliphatic hydroxyl groups excluding tert-OH is 1. The number of benzene rings is 3. The Morgan fingerprint density at radius 3 is 2.45 bits per heavy atom. The number of likely N-dealkylation sites (tertiary alicyclic amines) is 2. The summed E-state index contributed by atoms with van der Waals surface area (Å²) in [6.07, 6.45) is -2.19. The number of fused-ring (bicyclic) bond motifs is 4. The van der Waals surface area contributed by atoms with Crippen molar-refractivity contribution < 1.29 is 50.9 Å². The number of nitrogen functional groups attached to an aromatic ring is 1. The number of hydrogen-bond donors (Lipinski definition) is 5. The number of alkyl halides is 3. The molecule has 83 heavy (non-hydrogen) atoms. The van der Waals surface area contributed by atoms with E-state index in [2.05, 4.69) is 30.8 Å². The molecule has 3 aromatic heterocycles. The molecule has 3 amide bonds. The predicted octanol–water partition coefficient (Wildman–Crippen LogP) is 9.04. The molecule has 442 valence electrons. The molecule has 4 aliphatic heterocycles. The van der Waals surface area contributed by atoms with E-state index in [0.717, 1.165) is 65.7 Å². The molecular formula is C59H68F5N11O6S2. The first-order valence-corrected chi connectivity index (χ1v) is 29.7. The first-order chi connectivity index (χ1) is 39.4. The molecule has 2 bridgehead atoms. The van der Waals surface area contributed by atoms with Gasteiger partial charge in [0, 0.05) is 74.0 Å². The minimum atomic E-state index is -5.10. The van der Waals surface area contributed by atoms with Crippen molar-refractivity contribution in [1.29, 1.82) is 5.26 Å². The number of β-amino-alcohol motifs (C(OH)–C–C–N with tert-alkyl or cyclic N) is 1. The minimum Gasteiger partial charge on any atom is -0.461 e. The van der Waals surface area contributed by atoms with E-state index in [9.17, 15) is 24.8 Å². The Balaban J connectivity index is 0.769. The standard InChI is InChI=1S/C59H68F5N11O6S2/c1-31(33-9-11-34(12-10-33)49-32(2)67-30-82-49)68-54(78)43-23-37(76)28-75(43)55(79)51(57(3,4)5)70-44(77)17-22-80-21-8-20-74-19-7-18-58(74,6)29-81-56-71-48-39(53(72-56)73-26-35-13-14-36(27-73)69-35)24-41(59(62,63)64)46(47(48)61)38-15-16-42(60)50-45(38)40(25-65)52(66)83-50/h9-12,15-16,24,30-31,35-37,43,51,69,76H,7-8,13-14,17-23,26-29,66H2,1-6H3,(H,68,78)(H,70,77)/t31-,35?,36?,37+,43-,51+,58-/m0/s1. The Kier molecular flexibility index (Phi) is 17.1. The van der Waals surface area contributed by atoms with Crippen molar-refractivity contribution in [2.24, 2.45) is 5.41 Å². The number of nitriles is 1. The molecule has 10 rings (SSSR count). The molecule has 0 radical (unpaired) electrons. The Morgan fingerprint density at radius 1 is 1.04 bits per heavy atom. The number of aryl methyl sites for hydroxylation is 1. The van der Waals surface area contributed by atoms with Crippen molar-refractivity contribution in [1.82, 2.24) is 40.7 Å². The van der Waals surface area contributed by atoms with E-state index in [4.69, 9.17) is 20.2 Å². The second kappa shape index (κ2) is 23.8. The largest absolute Gasteiger partial charge is 0.461 e. The van der Waals surface area contributed by atoms with Crippen LogP contribution in [0, 0.1) is 35.3 Å². The number of rotatable bonds is 18. The number of aromatic nitrogens is 3. The van der Waals surface area contributed by atoms with Gasteiger partial charge < -0.3 is 46.1 Å². The van der Waals surface area contributed by atoms with Crippen molar-refractivity contribution in [2.75, 3.05) is 63.2 Å². The third kappa shape index (κ3) is 12.3. The van der Waals surface area contributed by atoms with Gasteiger partial charge in [0.1, 0.15) is 46.9 Å². The molecule has 3 aromatic carbocycles. The van der Waals surface area contributed by atoms with E-state index in [0.29, 0.717) is 50.4 Å². The molecule has 0 spiro atoms. The van der Waals surface area contributed by atoms with Crippen LogP contribution in [0.15, 0.2) is 48.0 Å². The van der Waals surface area contributed by atoms with Crippen molar-refractivity contribution >= 4 is 72.2 Å². The lowest BCUT2D eigenvalue weighted by atomic mass is 9.85. The van der Waals surface area contributed by atoms with Crippen LogP contribution in [0.4, 0.5) is 32.8 Å². The van der Waals surface area contributed by atoms with Crippen molar-refractivity contribution in [3.63, 3.8) is 0 Å². The van der Waals surface area contributed by atoms with Gasteiger partial charge in [-0.15, -0.1) is 22.7 Å².